The van der Waals surface area contributed by atoms with Crippen molar-refractivity contribution in [3.05, 3.63) is 17.7 Å². The zero-order chi connectivity index (χ0) is 11.5. The maximum absolute atomic E-state index is 11.5. The van der Waals surface area contributed by atoms with Gasteiger partial charge < -0.3 is 14.2 Å². The van der Waals surface area contributed by atoms with Gasteiger partial charge >= 0.3 is 5.97 Å². The normalized spacial score (nSPS) is 13.4. The molecule has 86 valence electrons. The van der Waals surface area contributed by atoms with Gasteiger partial charge in [0.25, 0.3) is 0 Å². The summed E-state index contributed by atoms with van der Waals surface area (Å²) in [5, 5.41) is 0. The molecule has 0 saturated heterocycles. The molecule has 1 aliphatic heterocycles. The minimum Gasteiger partial charge on any atom is -0.486 e. The smallest absolute Gasteiger partial charge is 0.338 e. The molecule has 0 radical (unpaired) electrons. The average Bonchev–Trinajstić information content (AvgIpc) is 2.29. The highest BCUT2D eigenvalue weighted by molar-refractivity contribution is 7.80. The second kappa shape index (κ2) is 4.65. The summed E-state index contributed by atoms with van der Waals surface area (Å²) in [6.45, 7) is 3.08. The molecule has 0 fully saturated rings. The van der Waals surface area contributed by atoms with Crippen LogP contribution in [0.1, 0.15) is 17.3 Å². The van der Waals surface area contributed by atoms with Crippen LogP contribution in [0.4, 0.5) is 0 Å². The van der Waals surface area contributed by atoms with Crippen molar-refractivity contribution >= 4 is 18.6 Å². The first-order chi connectivity index (χ1) is 7.72. The van der Waals surface area contributed by atoms with Crippen molar-refractivity contribution in [1.82, 2.24) is 0 Å². The van der Waals surface area contributed by atoms with E-state index in [9.17, 15) is 4.79 Å². The lowest BCUT2D eigenvalue weighted by Gasteiger charge is -2.20. The minimum atomic E-state index is -0.380. The third-order valence-electron chi connectivity index (χ3n) is 2.13. The Morgan fingerprint density at radius 1 is 1.44 bits per heavy atom. The van der Waals surface area contributed by atoms with Gasteiger partial charge in [-0.25, -0.2) is 4.79 Å². The fourth-order valence-corrected chi connectivity index (χ4v) is 1.78. The molecule has 1 heterocycles. The molecular formula is C11H12O4S. The number of carbonyl (C=O) groups excluding carboxylic acids is 1. The first-order valence-corrected chi connectivity index (χ1v) is 5.47. The molecule has 4 nitrogen and oxygen atoms in total. The third kappa shape index (κ3) is 2.09. The third-order valence-corrected chi connectivity index (χ3v) is 2.47. The molecule has 5 heteroatoms. The Labute approximate surface area is 98.9 Å². The summed E-state index contributed by atoms with van der Waals surface area (Å²) in [7, 11) is 0. The van der Waals surface area contributed by atoms with E-state index in [0.29, 0.717) is 41.8 Å². The topological polar surface area (TPSA) is 44.8 Å². The molecular weight excluding hydrogens is 228 g/mol. The van der Waals surface area contributed by atoms with E-state index in [4.69, 9.17) is 14.2 Å². The summed E-state index contributed by atoms with van der Waals surface area (Å²) in [4.78, 5) is 12.1. The molecule has 1 aromatic rings. The van der Waals surface area contributed by atoms with Crippen molar-refractivity contribution in [3.8, 4) is 11.5 Å². The van der Waals surface area contributed by atoms with Crippen LogP contribution >= 0.6 is 12.6 Å². The van der Waals surface area contributed by atoms with Crippen LogP contribution < -0.4 is 9.47 Å². The summed E-state index contributed by atoms with van der Waals surface area (Å²) >= 11 is 4.26. The molecule has 0 saturated carbocycles. The molecule has 0 amide bonds. The molecule has 0 spiro atoms. The summed E-state index contributed by atoms with van der Waals surface area (Å²) in [6, 6.07) is 3.24. The Bertz CT molecular complexity index is 417. The Morgan fingerprint density at radius 3 is 2.94 bits per heavy atom. The Kier molecular flexibility index (Phi) is 3.24. The van der Waals surface area contributed by atoms with E-state index >= 15 is 0 Å². The lowest BCUT2D eigenvalue weighted by Crippen LogP contribution is -2.16. The predicted octanol–water partition coefficient (Wildman–Crippen LogP) is 1.92. The Balaban J connectivity index is 2.35. The summed E-state index contributed by atoms with van der Waals surface area (Å²) in [5.74, 6) is 0.749. The maximum atomic E-state index is 11.5. The number of ether oxygens (including phenoxy) is 3. The Morgan fingerprint density at radius 2 is 2.19 bits per heavy atom. The van der Waals surface area contributed by atoms with Crippen molar-refractivity contribution in [2.24, 2.45) is 0 Å². The van der Waals surface area contributed by atoms with Gasteiger partial charge in [-0.3, -0.25) is 0 Å². The lowest BCUT2D eigenvalue weighted by molar-refractivity contribution is 0.0525. The fourth-order valence-electron chi connectivity index (χ4n) is 1.47. The van der Waals surface area contributed by atoms with Gasteiger partial charge in [0.1, 0.15) is 13.2 Å². The molecule has 0 aliphatic carbocycles. The zero-order valence-electron chi connectivity index (χ0n) is 8.86. The van der Waals surface area contributed by atoms with Crippen LogP contribution in [0.3, 0.4) is 0 Å². The average molecular weight is 240 g/mol. The van der Waals surface area contributed by atoms with Gasteiger partial charge in [-0.1, -0.05) is 0 Å². The van der Waals surface area contributed by atoms with Gasteiger partial charge in [-0.05, 0) is 19.1 Å². The lowest BCUT2D eigenvalue weighted by atomic mass is 10.2. The van der Waals surface area contributed by atoms with Crippen LogP contribution in [0, 0.1) is 0 Å². The van der Waals surface area contributed by atoms with E-state index in [1.807, 2.05) is 0 Å². The van der Waals surface area contributed by atoms with Crippen LogP contribution in [-0.4, -0.2) is 25.8 Å². The first-order valence-electron chi connectivity index (χ1n) is 5.02. The minimum absolute atomic E-state index is 0.342. The van der Waals surface area contributed by atoms with Gasteiger partial charge in [0, 0.05) is 0 Å². The highest BCUT2D eigenvalue weighted by atomic mass is 32.1. The highest BCUT2D eigenvalue weighted by Crippen LogP contribution is 2.37. The number of esters is 1. The van der Waals surface area contributed by atoms with Crippen molar-refractivity contribution in [2.45, 2.75) is 11.8 Å². The number of fused-ring (bicyclic) bond motifs is 1. The quantitative estimate of drug-likeness (QED) is 0.633. The standard InChI is InChI=1S/C11H12O4S/c1-2-13-11(12)7-5-8-10(9(16)6-7)15-4-3-14-8/h5-6,16H,2-4H2,1H3. The molecule has 0 bridgehead atoms. The van der Waals surface area contributed by atoms with Crippen LogP contribution in [-0.2, 0) is 4.74 Å². The zero-order valence-corrected chi connectivity index (χ0v) is 9.75. The molecule has 1 aliphatic rings. The number of rotatable bonds is 2. The van der Waals surface area contributed by atoms with Crippen LogP contribution in [0.2, 0.25) is 0 Å². The molecule has 1 aromatic carbocycles. The molecule has 16 heavy (non-hydrogen) atoms. The number of hydrogen-bond donors (Lipinski definition) is 1. The van der Waals surface area contributed by atoms with E-state index in [2.05, 4.69) is 12.6 Å². The monoisotopic (exact) mass is 240 g/mol. The van der Waals surface area contributed by atoms with Gasteiger partial charge in [0.05, 0.1) is 17.1 Å². The first kappa shape index (κ1) is 11.1. The second-order valence-electron chi connectivity index (χ2n) is 3.24. The number of carbonyl (C=O) groups is 1. The molecule has 0 atom stereocenters. The second-order valence-corrected chi connectivity index (χ2v) is 3.72. The summed E-state index contributed by atoms with van der Waals surface area (Å²) in [6.07, 6.45) is 0. The van der Waals surface area contributed by atoms with E-state index in [1.165, 1.54) is 0 Å². The summed E-state index contributed by atoms with van der Waals surface area (Å²) < 4.78 is 15.7. The fraction of sp³-hybridized carbons (Fsp3) is 0.364. The van der Waals surface area contributed by atoms with E-state index < -0.39 is 0 Å². The largest absolute Gasteiger partial charge is 0.486 e. The van der Waals surface area contributed by atoms with Crippen molar-refractivity contribution in [2.75, 3.05) is 19.8 Å². The van der Waals surface area contributed by atoms with Crippen molar-refractivity contribution in [1.29, 1.82) is 0 Å². The van der Waals surface area contributed by atoms with Crippen molar-refractivity contribution in [3.63, 3.8) is 0 Å². The van der Waals surface area contributed by atoms with Crippen LogP contribution in [0.15, 0.2) is 17.0 Å². The number of thiol groups is 1. The van der Waals surface area contributed by atoms with Crippen molar-refractivity contribution < 1.29 is 19.0 Å². The van der Waals surface area contributed by atoms with Crippen LogP contribution in [0.5, 0.6) is 11.5 Å². The molecule has 0 aromatic heterocycles. The molecule has 0 unspecified atom stereocenters. The van der Waals surface area contributed by atoms with Crippen LogP contribution in [0.25, 0.3) is 0 Å². The predicted molar refractivity (Wildman–Crippen MR) is 60.6 cm³/mol. The van der Waals surface area contributed by atoms with E-state index in [1.54, 1.807) is 19.1 Å². The van der Waals surface area contributed by atoms with E-state index in [-0.39, 0.29) is 5.97 Å². The molecule has 0 N–H and O–H groups in total. The van der Waals surface area contributed by atoms with Gasteiger partial charge in [-0.2, -0.15) is 0 Å². The summed E-state index contributed by atoms with van der Waals surface area (Å²) in [5.41, 5.74) is 0.427. The number of benzene rings is 1. The maximum Gasteiger partial charge on any atom is 0.338 e. The number of hydrogen-bond acceptors (Lipinski definition) is 5. The van der Waals surface area contributed by atoms with Gasteiger partial charge in [0.2, 0.25) is 0 Å². The van der Waals surface area contributed by atoms with Gasteiger partial charge in [0.15, 0.2) is 11.5 Å². The van der Waals surface area contributed by atoms with E-state index in [0.717, 1.165) is 0 Å². The SMILES string of the molecule is CCOC(=O)c1cc(S)c2c(c1)OCCO2. The molecule has 2 rings (SSSR count). The highest BCUT2D eigenvalue weighted by Gasteiger charge is 2.18. The Hall–Kier alpha value is -1.36. The van der Waals surface area contributed by atoms with Gasteiger partial charge in [-0.15, -0.1) is 12.6 Å².